The highest BCUT2D eigenvalue weighted by Gasteiger charge is 2.35. The van der Waals surface area contributed by atoms with E-state index in [1.807, 2.05) is 13.0 Å². The molecule has 2 aliphatic rings. The average Bonchev–Trinajstić information content (AvgIpc) is 2.78. The van der Waals surface area contributed by atoms with Crippen LogP contribution in [-0.2, 0) is 0 Å². The van der Waals surface area contributed by atoms with Crippen LogP contribution in [0.4, 0.5) is 5.69 Å². The normalized spacial score (nSPS) is 22.7. The van der Waals surface area contributed by atoms with Crippen LogP contribution in [0.1, 0.15) is 31.2 Å². The summed E-state index contributed by atoms with van der Waals surface area (Å²) in [6, 6.07) is 15.6. The molecule has 0 bridgehead atoms. The van der Waals surface area contributed by atoms with Crippen molar-refractivity contribution in [3.8, 4) is 16.9 Å². The molecule has 0 amide bonds. The highest BCUT2D eigenvalue weighted by Crippen LogP contribution is 2.46. The van der Waals surface area contributed by atoms with E-state index in [0.29, 0.717) is 18.6 Å². The number of rotatable bonds is 3. The molecule has 1 saturated heterocycles. The molecule has 2 N–H and O–H groups in total. The van der Waals surface area contributed by atoms with Gasteiger partial charge in [0.1, 0.15) is 5.75 Å². The van der Waals surface area contributed by atoms with Gasteiger partial charge in [-0.05, 0) is 56.1 Å². The summed E-state index contributed by atoms with van der Waals surface area (Å²) < 4.78 is 5.88. The van der Waals surface area contributed by atoms with Gasteiger partial charge in [-0.3, -0.25) is 0 Å². The second-order valence-corrected chi connectivity index (χ2v) is 6.38. The average molecular weight is 308 g/mol. The summed E-state index contributed by atoms with van der Waals surface area (Å²) in [6.07, 6.45) is 2.38. The molecule has 1 fully saturated rings. The van der Waals surface area contributed by atoms with Gasteiger partial charge in [-0.25, -0.2) is 0 Å². The Bertz CT molecular complexity index is 698. The van der Waals surface area contributed by atoms with Crippen molar-refractivity contribution in [1.29, 1.82) is 0 Å². The van der Waals surface area contributed by atoms with Crippen molar-refractivity contribution in [2.45, 2.75) is 31.7 Å². The van der Waals surface area contributed by atoms with Crippen molar-refractivity contribution >= 4 is 5.69 Å². The number of fused-ring (bicyclic) bond motifs is 3. The third kappa shape index (κ3) is 2.59. The van der Waals surface area contributed by atoms with E-state index in [0.717, 1.165) is 18.8 Å². The Hall–Kier alpha value is -2.00. The van der Waals surface area contributed by atoms with E-state index < -0.39 is 0 Å². The molecule has 0 radical (unpaired) electrons. The van der Waals surface area contributed by atoms with E-state index in [9.17, 15) is 0 Å². The van der Waals surface area contributed by atoms with Gasteiger partial charge in [0.15, 0.2) is 0 Å². The molecule has 0 unspecified atom stereocenters. The lowest BCUT2D eigenvalue weighted by molar-refractivity contribution is 0.341. The van der Waals surface area contributed by atoms with Gasteiger partial charge < -0.3 is 15.4 Å². The lowest BCUT2D eigenvalue weighted by Gasteiger charge is -2.19. The molecular formula is C20H24N2O. The lowest BCUT2D eigenvalue weighted by Crippen LogP contribution is -2.21. The van der Waals surface area contributed by atoms with E-state index >= 15 is 0 Å². The maximum absolute atomic E-state index is 5.88. The molecule has 23 heavy (non-hydrogen) atoms. The first-order chi connectivity index (χ1) is 11.4. The largest absolute Gasteiger partial charge is 0.493 e. The SMILES string of the molecule is CCOc1ccccc1-c1cccc2c1[C@H]1CCNCC[C@H]1N2. The van der Waals surface area contributed by atoms with Crippen LogP contribution < -0.4 is 15.4 Å². The molecule has 0 aliphatic carbocycles. The van der Waals surface area contributed by atoms with Gasteiger partial charge in [0.05, 0.1) is 6.61 Å². The van der Waals surface area contributed by atoms with E-state index in [1.54, 1.807) is 0 Å². The van der Waals surface area contributed by atoms with Crippen LogP contribution in [0.5, 0.6) is 5.75 Å². The number of benzene rings is 2. The fourth-order valence-corrected chi connectivity index (χ4v) is 4.06. The quantitative estimate of drug-likeness (QED) is 0.898. The minimum absolute atomic E-state index is 0.556. The van der Waals surface area contributed by atoms with Crippen molar-refractivity contribution in [2.75, 3.05) is 25.0 Å². The Labute approximate surface area is 138 Å². The maximum atomic E-state index is 5.88. The Morgan fingerprint density at radius 2 is 1.83 bits per heavy atom. The number of hydrogen-bond acceptors (Lipinski definition) is 3. The Kier molecular flexibility index (Phi) is 3.96. The van der Waals surface area contributed by atoms with Crippen molar-refractivity contribution in [3.05, 3.63) is 48.0 Å². The zero-order chi connectivity index (χ0) is 15.6. The topological polar surface area (TPSA) is 33.3 Å². The maximum Gasteiger partial charge on any atom is 0.127 e. The van der Waals surface area contributed by atoms with Crippen molar-refractivity contribution in [2.24, 2.45) is 0 Å². The highest BCUT2D eigenvalue weighted by molar-refractivity contribution is 5.81. The zero-order valence-corrected chi connectivity index (χ0v) is 13.6. The Balaban J connectivity index is 1.82. The van der Waals surface area contributed by atoms with Gasteiger partial charge in [-0.1, -0.05) is 30.3 Å². The van der Waals surface area contributed by atoms with Gasteiger partial charge in [0.2, 0.25) is 0 Å². The summed E-state index contributed by atoms with van der Waals surface area (Å²) in [5.41, 5.74) is 5.33. The first kappa shape index (κ1) is 14.6. The van der Waals surface area contributed by atoms with Crippen LogP contribution in [0, 0.1) is 0 Å². The third-order valence-corrected chi connectivity index (χ3v) is 5.04. The second kappa shape index (κ2) is 6.25. The lowest BCUT2D eigenvalue weighted by atomic mass is 9.85. The van der Waals surface area contributed by atoms with Crippen molar-refractivity contribution in [3.63, 3.8) is 0 Å². The highest BCUT2D eigenvalue weighted by atomic mass is 16.5. The molecule has 0 aromatic heterocycles. The van der Waals surface area contributed by atoms with E-state index in [2.05, 4.69) is 47.0 Å². The van der Waals surface area contributed by atoms with Crippen LogP contribution in [0.15, 0.2) is 42.5 Å². The molecule has 2 aliphatic heterocycles. The second-order valence-electron chi connectivity index (χ2n) is 6.38. The van der Waals surface area contributed by atoms with Gasteiger partial charge in [0.25, 0.3) is 0 Å². The molecule has 0 spiro atoms. The predicted octanol–water partition coefficient (Wildman–Crippen LogP) is 4.01. The molecule has 2 atom stereocenters. The van der Waals surface area contributed by atoms with E-state index in [4.69, 9.17) is 4.74 Å². The minimum Gasteiger partial charge on any atom is -0.493 e. The van der Waals surface area contributed by atoms with Crippen LogP contribution in [0.25, 0.3) is 11.1 Å². The molecular weight excluding hydrogens is 284 g/mol. The van der Waals surface area contributed by atoms with E-state index in [1.165, 1.54) is 35.2 Å². The molecule has 4 rings (SSSR count). The molecule has 2 aromatic rings. The summed E-state index contributed by atoms with van der Waals surface area (Å²) in [4.78, 5) is 0. The predicted molar refractivity (Wildman–Crippen MR) is 95.3 cm³/mol. The Morgan fingerprint density at radius 1 is 1.00 bits per heavy atom. The first-order valence-corrected chi connectivity index (χ1v) is 8.71. The third-order valence-electron chi connectivity index (χ3n) is 5.04. The molecule has 2 heterocycles. The van der Waals surface area contributed by atoms with Gasteiger partial charge >= 0.3 is 0 Å². The number of para-hydroxylation sites is 1. The number of hydrogen-bond donors (Lipinski definition) is 2. The fraction of sp³-hybridized carbons (Fsp3) is 0.400. The molecule has 3 heteroatoms. The number of nitrogens with one attached hydrogen (secondary N) is 2. The molecule has 0 saturated carbocycles. The zero-order valence-electron chi connectivity index (χ0n) is 13.6. The van der Waals surface area contributed by atoms with E-state index in [-0.39, 0.29) is 0 Å². The van der Waals surface area contributed by atoms with Gasteiger partial charge in [-0.2, -0.15) is 0 Å². The van der Waals surface area contributed by atoms with Gasteiger partial charge in [-0.15, -0.1) is 0 Å². The van der Waals surface area contributed by atoms with Crippen LogP contribution in [0.3, 0.4) is 0 Å². The standard InChI is InChI=1S/C20H24N2O/c1-2-23-19-9-4-3-6-14(19)15-7-5-8-18-20(15)16-10-12-21-13-11-17(16)22-18/h3-9,16-17,21-22H,2,10-13H2,1H3/t16-,17+/m0/s1. The van der Waals surface area contributed by atoms with Crippen molar-refractivity contribution < 1.29 is 4.74 Å². The molecule has 2 aromatic carbocycles. The van der Waals surface area contributed by atoms with Crippen LogP contribution in [-0.4, -0.2) is 25.7 Å². The summed E-state index contributed by atoms with van der Waals surface area (Å²) in [6.45, 7) is 4.94. The smallest absolute Gasteiger partial charge is 0.127 e. The first-order valence-electron chi connectivity index (χ1n) is 8.71. The Morgan fingerprint density at radius 3 is 2.74 bits per heavy atom. The fourth-order valence-electron chi connectivity index (χ4n) is 4.06. The van der Waals surface area contributed by atoms with Gasteiger partial charge in [0, 0.05) is 23.2 Å². The summed E-state index contributed by atoms with van der Waals surface area (Å²) >= 11 is 0. The minimum atomic E-state index is 0.556. The summed E-state index contributed by atoms with van der Waals surface area (Å²) in [5, 5.41) is 7.29. The molecule has 3 nitrogen and oxygen atoms in total. The number of ether oxygens (including phenoxy) is 1. The van der Waals surface area contributed by atoms with Crippen LogP contribution in [0.2, 0.25) is 0 Å². The van der Waals surface area contributed by atoms with Crippen molar-refractivity contribution in [1.82, 2.24) is 5.32 Å². The summed E-state index contributed by atoms with van der Waals surface area (Å²) in [7, 11) is 0. The number of anilines is 1. The monoisotopic (exact) mass is 308 g/mol. The van der Waals surface area contributed by atoms with Crippen LogP contribution >= 0.6 is 0 Å². The summed E-state index contributed by atoms with van der Waals surface area (Å²) in [5.74, 6) is 1.57. The molecule has 120 valence electrons.